The smallest absolute Gasteiger partial charge is 0.207 e. The maximum atomic E-state index is 13.0. The molecule has 0 aliphatic heterocycles. The summed E-state index contributed by atoms with van der Waals surface area (Å²) in [6, 6.07) is 3.91. The molecule has 1 aliphatic carbocycles. The molecule has 0 heterocycles. The summed E-state index contributed by atoms with van der Waals surface area (Å²) in [6.07, 6.45) is 1.82. The summed E-state index contributed by atoms with van der Waals surface area (Å²) in [4.78, 5) is 0.205. The van der Waals surface area contributed by atoms with E-state index in [0.29, 0.717) is 17.4 Å². The van der Waals surface area contributed by atoms with Crippen LogP contribution < -0.4 is 0 Å². The highest BCUT2D eigenvalue weighted by atomic mass is 79.9. The second-order valence-corrected chi connectivity index (χ2v) is 7.10. The Labute approximate surface area is 115 Å². The molecule has 0 amide bonds. The van der Waals surface area contributed by atoms with E-state index in [1.54, 1.807) is 6.92 Å². The van der Waals surface area contributed by atoms with Crippen molar-refractivity contribution in [1.82, 2.24) is 4.31 Å². The van der Waals surface area contributed by atoms with Crippen molar-refractivity contribution in [2.75, 3.05) is 11.9 Å². The molecule has 0 N–H and O–H groups in total. The standard InChI is InChI=1S/C12H15BrFNO2S/c1-9-8-10(14)2-5-12(9)18(16,17)15(7-6-13)11-3-4-11/h2,5,8,11H,3-4,6-7H2,1H3. The normalized spacial score (nSPS) is 16.2. The molecule has 18 heavy (non-hydrogen) atoms. The molecule has 0 saturated heterocycles. The first kappa shape index (κ1) is 14.0. The van der Waals surface area contributed by atoms with Crippen molar-refractivity contribution in [2.45, 2.75) is 30.7 Å². The lowest BCUT2D eigenvalue weighted by atomic mass is 10.2. The van der Waals surface area contributed by atoms with Gasteiger partial charge in [-0.15, -0.1) is 0 Å². The Balaban J connectivity index is 2.39. The highest BCUT2D eigenvalue weighted by Crippen LogP contribution is 2.32. The third-order valence-electron chi connectivity index (χ3n) is 2.98. The molecule has 0 radical (unpaired) electrons. The molecule has 1 saturated carbocycles. The summed E-state index contributed by atoms with van der Waals surface area (Å²) >= 11 is 3.28. The first-order valence-corrected chi connectivity index (χ1v) is 8.37. The average Bonchev–Trinajstić information content (AvgIpc) is 3.08. The van der Waals surface area contributed by atoms with Crippen LogP contribution >= 0.6 is 15.9 Å². The van der Waals surface area contributed by atoms with E-state index in [2.05, 4.69) is 15.9 Å². The third-order valence-corrected chi connectivity index (χ3v) is 5.45. The highest BCUT2D eigenvalue weighted by molar-refractivity contribution is 9.09. The van der Waals surface area contributed by atoms with Crippen LogP contribution in [0.5, 0.6) is 0 Å². The fourth-order valence-electron chi connectivity index (χ4n) is 1.97. The average molecular weight is 336 g/mol. The molecule has 1 fully saturated rings. The minimum atomic E-state index is -3.51. The van der Waals surface area contributed by atoms with Gasteiger partial charge in [0.2, 0.25) is 10.0 Å². The Bertz CT molecular complexity index is 543. The minimum Gasteiger partial charge on any atom is -0.207 e. The number of hydrogen-bond donors (Lipinski definition) is 0. The molecular weight excluding hydrogens is 321 g/mol. The number of nitrogens with zero attached hydrogens (tertiary/aromatic N) is 1. The van der Waals surface area contributed by atoms with Gasteiger partial charge in [-0.2, -0.15) is 4.31 Å². The summed E-state index contributed by atoms with van der Waals surface area (Å²) in [5.74, 6) is -0.412. The predicted molar refractivity (Wildman–Crippen MR) is 71.8 cm³/mol. The molecule has 100 valence electrons. The molecular formula is C12H15BrFNO2S. The van der Waals surface area contributed by atoms with Crippen molar-refractivity contribution >= 4 is 26.0 Å². The van der Waals surface area contributed by atoms with E-state index in [1.165, 1.54) is 22.5 Å². The highest BCUT2D eigenvalue weighted by Gasteiger charge is 2.38. The second kappa shape index (κ2) is 5.27. The number of hydrogen-bond acceptors (Lipinski definition) is 2. The van der Waals surface area contributed by atoms with Crippen molar-refractivity contribution < 1.29 is 12.8 Å². The van der Waals surface area contributed by atoms with Gasteiger partial charge in [-0.05, 0) is 43.5 Å². The number of sulfonamides is 1. The number of halogens is 2. The maximum Gasteiger partial charge on any atom is 0.243 e. The number of aryl methyl sites for hydroxylation is 1. The Kier molecular flexibility index (Phi) is 4.08. The Morgan fingerprint density at radius 1 is 1.44 bits per heavy atom. The Morgan fingerprint density at radius 2 is 2.11 bits per heavy atom. The SMILES string of the molecule is Cc1cc(F)ccc1S(=O)(=O)N(CCBr)C1CC1. The zero-order valence-corrected chi connectivity index (χ0v) is 12.5. The van der Waals surface area contributed by atoms with Crippen LogP contribution in [0, 0.1) is 12.7 Å². The molecule has 1 aromatic carbocycles. The quantitative estimate of drug-likeness (QED) is 0.776. The molecule has 0 spiro atoms. The van der Waals surface area contributed by atoms with Gasteiger partial charge in [0.1, 0.15) is 5.82 Å². The molecule has 1 aromatic rings. The maximum absolute atomic E-state index is 13.0. The zero-order valence-electron chi connectivity index (χ0n) is 10.1. The van der Waals surface area contributed by atoms with Gasteiger partial charge >= 0.3 is 0 Å². The topological polar surface area (TPSA) is 37.4 Å². The summed E-state index contributed by atoms with van der Waals surface area (Å²) in [7, 11) is -3.51. The molecule has 0 unspecified atom stereocenters. The Hall–Kier alpha value is -0.460. The van der Waals surface area contributed by atoms with Crippen molar-refractivity contribution in [3.8, 4) is 0 Å². The number of benzene rings is 1. The monoisotopic (exact) mass is 335 g/mol. The molecule has 3 nitrogen and oxygen atoms in total. The number of alkyl halides is 1. The largest absolute Gasteiger partial charge is 0.243 e. The lowest BCUT2D eigenvalue weighted by Crippen LogP contribution is -2.35. The lowest BCUT2D eigenvalue weighted by Gasteiger charge is -2.21. The lowest BCUT2D eigenvalue weighted by molar-refractivity contribution is 0.423. The molecule has 6 heteroatoms. The van der Waals surface area contributed by atoms with E-state index < -0.39 is 15.8 Å². The summed E-state index contributed by atoms with van der Waals surface area (Å²) < 4.78 is 39.6. The van der Waals surface area contributed by atoms with Gasteiger partial charge in [-0.25, -0.2) is 12.8 Å². The fraction of sp³-hybridized carbons (Fsp3) is 0.500. The first-order chi connectivity index (χ1) is 8.46. The predicted octanol–water partition coefficient (Wildman–Crippen LogP) is 2.68. The molecule has 0 atom stereocenters. The van der Waals surface area contributed by atoms with Gasteiger partial charge in [0.05, 0.1) is 4.90 Å². The Morgan fingerprint density at radius 3 is 2.61 bits per heavy atom. The zero-order chi connectivity index (χ0) is 13.3. The summed E-state index contributed by atoms with van der Waals surface area (Å²) in [6.45, 7) is 2.07. The third kappa shape index (κ3) is 2.75. The van der Waals surface area contributed by atoms with E-state index in [9.17, 15) is 12.8 Å². The molecule has 0 aromatic heterocycles. The van der Waals surface area contributed by atoms with Gasteiger partial charge in [0.15, 0.2) is 0 Å². The van der Waals surface area contributed by atoms with Crippen molar-refractivity contribution in [2.24, 2.45) is 0 Å². The van der Waals surface area contributed by atoms with Crippen molar-refractivity contribution in [3.63, 3.8) is 0 Å². The van der Waals surface area contributed by atoms with E-state index in [1.807, 2.05) is 0 Å². The van der Waals surface area contributed by atoms with E-state index in [-0.39, 0.29) is 10.9 Å². The van der Waals surface area contributed by atoms with Crippen LogP contribution in [-0.4, -0.2) is 30.6 Å². The van der Waals surface area contributed by atoms with Crippen LogP contribution in [-0.2, 0) is 10.0 Å². The van der Waals surface area contributed by atoms with Crippen molar-refractivity contribution in [3.05, 3.63) is 29.6 Å². The van der Waals surface area contributed by atoms with Gasteiger partial charge in [0.25, 0.3) is 0 Å². The van der Waals surface area contributed by atoms with Gasteiger partial charge in [-0.1, -0.05) is 15.9 Å². The second-order valence-electron chi connectivity index (χ2n) is 4.45. The van der Waals surface area contributed by atoms with Crippen LogP contribution in [0.25, 0.3) is 0 Å². The van der Waals surface area contributed by atoms with Gasteiger partial charge in [-0.3, -0.25) is 0 Å². The van der Waals surface area contributed by atoms with Gasteiger partial charge < -0.3 is 0 Å². The van der Waals surface area contributed by atoms with Gasteiger partial charge in [0, 0.05) is 17.9 Å². The molecule has 0 bridgehead atoms. The minimum absolute atomic E-state index is 0.108. The number of rotatable bonds is 5. The molecule has 2 rings (SSSR count). The van der Waals surface area contributed by atoms with E-state index >= 15 is 0 Å². The van der Waals surface area contributed by atoms with Crippen LogP contribution in [0.3, 0.4) is 0 Å². The van der Waals surface area contributed by atoms with E-state index in [4.69, 9.17) is 0 Å². The van der Waals surface area contributed by atoms with Crippen molar-refractivity contribution in [1.29, 1.82) is 0 Å². The fourth-order valence-corrected chi connectivity index (χ4v) is 4.48. The van der Waals surface area contributed by atoms with Crippen LogP contribution in [0.1, 0.15) is 18.4 Å². The van der Waals surface area contributed by atoms with Crippen LogP contribution in [0.4, 0.5) is 4.39 Å². The summed E-state index contributed by atoms with van der Waals surface area (Å²) in [5, 5.41) is 0.600. The summed E-state index contributed by atoms with van der Waals surface area (Å²) in [5.41, 5.74) is 0.454. The van der Waals surface area contributed by atoms with Crippen LogP contribution in [0.15, 0.2) is 23.1 Å². The first-order valence-electron chi connectivity index (χ1n) is 5.81. The van der Waals surface area contributed by atoms with Crippen LogP contribution in [0.2, 0.25) is 0 Å². The van der Waals surface area contributed by atoms with E-state index in [0.717, 1.165) is 12.8 Å². The molecule has 1 aliphatic rings.